The zero-order valence-corrected chi connectivity index (χ0v) is 11.3. The molecule has 0 saturated carbocycles. The van der Waals surface area contributed by atoms with Crippen LogP contribution in [0.4, 0.5) is 0 Å². The topological polar surface area (TPSA) is 85.2 Å². The molecule has 0 atom stereocenters. The smallest absolute Gasteiger partial charge is 0.278 e. The highest BCUT2D eigenvalue weighted by Crippen LogP contribution is 2.21. The molecule has 0 aliphatic carbocycles. The Morgan fingerprint density at radius 2 is 1.88 bits per heavy atom. The van der Waals surface area contributed by atoms with E-state index >= 15 is 0 Å². The SMILES string of the molecule is CC(C)NS(=O)(=O)NC1(C#N)CCN(C)CC1. The Kier molecular flexibility index (Phi) is 4.49. The molecule has 1 rings (SSSR count). The van der Waals surface area contributed by atoms with Crippen molar-refractivity contribution >= 4 is 10.2 Å². The lowest BCUT2D eigenvalue weighted by Gasteiger charge is -2.35. The van der Waals surface area contributed by atoms with Crippen LogP contribution in [-0.4, -0.2) is 45.0 Å². The molecule has 2 N–H and O–H groups in total. The largest absolute Gasteiger partial charge is 0.306 e. The van der Waals surface area contributed by atoms with Gasteiger partial charge in [-0.25, -0.2) is 0 Å². The molecule has 17 heavy (non-hydrogen) atoms. The fraction of sp³-hybridized carbons (Fsp3) is 0.900. The van der Waals surface area contributed by atoms with Crippen LogP contribution in [0.2, 0.25) is 0 Å². The quantitative estimate of drug-likeness (QED) is 0.733. The van der Waals surface area contributed by atoms with Crippen LogP contribution in [0, 0.1) is 11.3 Å². The number of nitrogens with zero attached hydrogens (tertiary/aromatic N) is 2. The van der Waals surface area contributed by atoms with Crippen molar-refractivity contribution in [1.29, 1.82) is 5.26 Å². The van der Waals surface area contributed by atoms with Gasteiger partial charge in [-0.15, -0.1) is 0 Å². The third kappa shape index (κ3) is 4.24. The highest BCUT2D eigenvalue weighted by molar-refractivity contribution is 7.87. The second kappa shape index (κ2) is 5.31. The van der Waals surface area contributed by atoms with Gasteiger partial charge in [-0.3, -0.25) is 0 Å². The first kappa shape index (κ1) is 14.4. The van der Waals surface area contributed by atoms with Gasteiger partial charge in [0.05, 0.1) is 6.07 Å². The molecule has 1 aliphatic heterocycles. The molecule has 7 heteroatoms. The second-order valence-electron chi connectivity index (χ2n) is 4.88. The lowest BCUT2D eigenvalue weighted by atomic mass is 9.91. The summed E-state index contributed by atoms with van der Waals surface area (Å²) in [6.07, 6.45) is 1.03. The van der Waals surface area contributed by atoms with E-state index in [2.05, 4.69) is 20.4 Å². The van der Waals surface area contributed by atoms with Gasteiger partial charge in [0, 0.05) is 19.1 Å². The zero-order valence-electron chi connectivity index (χ0n) is 10.5. The van der Waals surface area contributed by atoms with Crippen molar-refractivity contribution in [2.24, 2.45) is 0 Å². The average Bonchev–Trinajstić information content (AvgIpc) is 2.19. The summed E-state index contributed by atoms with van der Waals surface area (Å²) < 4.78 is 28.5. The summed E-state index contributed by atoms with van der Waals surface area (Å²) >= 11 is 0. The number of hydrogen-bond donors (Lipinski definition) is 2. The minimum atomic E-state index is -3.61. The molecule has 1 aliphatic rings. The van der Waals surface area contributed by atoms with Crippen LogP contribution in [0.5, 0.6) is 0 Å². The summed E-state index contributed by atoms with van der Waals surface area (Å²) in [4.78, 5) is 2.08. The monoisotopic (exact) mass is 260 g/mol. The van der Waals surface area contributed by atoms with E-state index in [4.69, 9.17) is 0 Å². The molecule has 0 aromatic heterocycles. The van der Waals surface area contributed by atoms with Gasteiger partial charge in [0.25, 0.3) is 10.2 Å². The molecular weight excluding hydrogens is 240 g/mol. The standard InChI is InChI=1S/C10H20N4O2S/c1-9(2)12-17(15,16)13-10(8-11)4-6-14(3)7-5-10/h9,12-13H,4-7H2,1-3H3. The van der Waals surface area contributed by atoms with Gasteiger partial charge in [-0.2, -0.15) is 23.1 Å². The van der Waals surface area contributed by atoms with Crippen LogP contribution in [0.1, 0.15) is 26.7 Å². The molecule has 0 amide bonds. The number of nitrogens with one attached hydrogen (secondary N) is 2. The van der Waals surface area contributed by atoms with E-state index in [1.165, 1.54) is 0 Å². The van der Waals surface area contributed by atoms with Crippen LogP contribution in [-0.2, 0) is 10.2 Å². The maximum atomic E-state index is 11.8. The number of nitriles is 1. The van der Waals surface area contributed by atoms with Gasteiger partial charge in [-0.1, -0.05) is 0 Å². The molecule has 0 aromatic rings. The Bertz CT molecular complexity index is 391. The number of likely N-dealkylation sites (tertiary alicyclic amines) is 1. The molecule has 98 valence electrons. The Hall–Kier alpha value is -0.680. The van der Waals surface area contributed by atoms with E-state index < -0.39 is 15.7 Å². The van der Waals surface area contributed by atoms with E-state index in [1.807, 2.05) is 7.05 Å². The molecule has 6 nitrogen and oxygen atoms in total. The summed E-state index contributed by atoms with van der Waals surface area (Å²) in [5.74, 6) is 0. The first-order chi connectivity index (χ1) is 7.79. The van der Waals surface area contributed by atoms with E-state index in [0.717, 1.165) is 13.1 Å². The normalized spacial score (nSPS) is 21.4. The van der Waals surface area contributed by atoms with Crippen LogP contribution in [0.15, 0.2) is 0 Å². The molecular formula is C10H20N4O2S. The van der Waals surface area contributed by atoms with E-state index in [0.29, 0.717) is 12.8 Å². The van der Waals surface area contributed by atoms with Gasteiger partial charge in [-0.05, 0) is 33.7 Å². The highest BCUT2D eigenvalue weighted by atomic mass is 32.2. The Morgan fingerprint density at radius 3 is 2.29 bits per heavy atom. The van der Waals surface area contributed by atoms with Crippen LogP contribution in [0.3, 0.4) is 0 Å². The van der Waals surface area contributed by atoms with Crippen LogP contribution < -0.4 is 9.44 Å². The van der Waals surface area contributed by atoms with Gasteiger partial charge in [0.15, 0.2) is 0 Å². The van der Waals surface area contributed by atoms with Gasteiger partial charge < -0.3 is 4.90 Å². The van der Waals surface area contributed by atoms with Crippen molar-refractivity contribution in [3.8, 4) is 6.07 Å². The van der Waals surface area contributed by atoms with Crippen molar-refractivity contribution < 1.29 is 8.42 Å². The Labute approximate surface area is 103 Å². The molecule has 0 spiro atoms. The number of hydrogen-bond acceptors (Lipinski definition) is 4. The summed E-state index contributed by atoms with van der Waals surface area (Å²) in [7, 11) is -1.65. The highest BCUT2D eigenvalue weighted by Gasteiger charge is 2.37. The predicted octanol–water partition coefficient (Wildman–Crippen LogP) is -0.193. The van der Waals surface area contributed by atoms with Crippen molar-refractivity contribution in [3.05, 3.63) is 0 Å². The van der Waals surface area contributed by atoms with E-state index in [9.17, 15) is 13.7 Å². The van der Waals surface area contributed by atoms with Crippen molar-refractivity contribution in [3.63, 3.8) is 0 Å². The van der Waals surface area contributed by atoms with Gasteiger partial charge >= 0.3 is 0 Å². The summed E-state index contributed by atoms with van der Waals surface area (Å²) in [6.45, 7) is 4.93. The first-order valence-electron chi connectivity index (χ1n) is 5.70. The van der Waals surface area contributed by atoms with Crippen molar-refractivity contribution in [2.45, 2.75) is 38.3 Å². The maximum absolute atomic E-state index is 11.8. The molecule has 1 fully saturated rings. The maximum Gasteiger partial charge on any atom is 0.278 e. The molecule has 1 heterocycles. The van der Waals surface area contributed by atoms with Crippen molar-refractivity contribution in [2.75, 3.05) is 20.1 Å². The molecule has 0 bridgehead atoms. The number of piperidine rings is 1. The average molecular weight is 260 g/mol. The van der Waals surface area contributed by atoms with Crippen molar-refractivity contribution in [1.82, 2.24) is 14.3 Å². The number of rotatable bonds is 4. The van der Waals surface area contributed by atoms with Crippen LogP contribution in [0.25, 0.3) is 0 Å². The summed E-state index contributed by atoms with van der Waals surface area (Å²) in [5, 5.41) is 9.20. The predicted molar refractivity (Wildman–Crippen MR) is 65.4 cm³/mol. The Morgan fingerprint density at radius 1 is 1.35 bits per heavy atom. The fourth-order valence-corrected chi connectivity index (χ4v) is 3.28. The zero-order chi connectivity index (χ0) is 13.1. The molecule has 1 saturated heterocycles. The first-order valence-corrected chi connectivity index (χ1v) is 7.18. The van der Waals surface area contributed by atoms with Crippen LogP contribution >= 0.6 is 0 Å². The minimum absolute atomic E-state index is 0.186. The fourth-order valence-electron chi connectivity index (χ4n) is 1.83. The van der Waals surface area contributed by atoms with Gasteiger partial charge in [0.1, 0.15) is 5.54 Å². The minimum Gasteiger partial charge on any atom is -0.306 e. The lowest BCUT2D eigenvalue weighted by Crippen LogP contribution is -2.57. The van der Waals surface area contributed by atoms with Gasteiger partial charge in [0.2, 0.25) is 0 Å². The van der Waals surface area contributed by atoms with E-state index in [-0.39, 0.29) is 6.04 Å². The molecule has 0 radical (unpaired) electrons. The second-order valence-corrected chi connectivity index (χ2v) is 6.32. The van der Waals surface area contributed by atoms with E-state index in [1.54, 1.807) is 13.8 Å². The Balaban J connectivity index is 2.74. The molecule has 0 unspecified atom stereocenters. The third-order valence-electron chi connectivity index (χ3n) is 2.78. The lowest BCUT2D eigenvalue weighted by molar-refractivity contribution is 0.213. The molecule has 0 aromatic carbocycles. The third-order valence-corrected chi connectivity index (χ3v) is 4.22. The summed E-state index contributed by atoms with van der Waals surface area (Å²) in [5.41, 5.74) is -0.965. The summed E-state index contributed by atoms with van der Waals surface area (Å²) in [6, 6.07) is 1.92.